The van der Waals surface area contributed by atoms with Crippen LogP contribution in [0.15, 0.2) is 22.6 Å². The summed E-state index contributed by atoms with van der Waals surface area (Å²) in [6, 6.07) is 6.28. The average Bonchev–Trinajstić information content (AvgIpc) is 2.76. The minimum atomic E-state index is 0.140. The van der Waals surface area contributed by atoms with Crippen LogP contribution in [-0.4, -0.2) is 11.5 Å². The lowest BCUT2D eigenvalue weighted by molar-refractivity contribution is 0.471. The van der Waals surface area contributed by atoms with Crippen molar-refractivity contribution in [2.45, 2.75) is 46.0 Å². The summed E-state index contributed by atoms with van der Waals surface area (Å²) < 4.78 is 5.78. The SMILES string of the molecule is CC(CN)CCc1nc2cc(C(C)(C)C)ccc2o1. The Kier molecular flexibility index (Phi) is 3.95. The van der Waals surface area contributed by atoms with Crippen molar-refractivity contribution in [3.63, 3.8) is 0 Å². The van der Waals surface area contributed by atoms with E-state index in [0.717, 1.165) is 29.8 Å². The highest BCUT2D eigenvalue weighted by atomic mass is 16.3. The molecule has 0 aliphatic heterocycles. The zero-order valence-electron chi connectivity index (χ0n) is 12.4. The number of rotatable bonds is 4. The molecular weight excluding hydrogens is 236 g/mol. The molecule has 2 N–H and O–H groups in total. The molecule has 19 heavy (non-hydrogen) atoms. The maximum atomic E-state index is 5.78. The van der Waals surface area contributed by atoms with Crippen molar-refractivity contribution in [3.8, 4) is 0 Å². The Hall–Kier alpha value is -1.35. The van der Waals surface area contributed by atoms with Crippen LogP contribution in [0.25, 0.3) is 11.1 Å². The Morgan fingerprint density at radius 3 is 2.68 bits per heavy atom. The predicted octanol–water partition coefficient (Wildman–Crippen LogP) is 3.65. The average molecular weight is 260 g/mol. The maximum absolute atomic E-state index is 5.78. The van der Waals surface area contributed by atoms with E-state index in [1.807, 2.05) is 6.07 Å². The van der Waals surface area contributed by atoms with E-state index in [2.05, 4.69) is 44.8 Å². The Morgan fingerprint density at radius 1 is 1.32 bits per heavy atom. The zero-order valence-corrected chi connectivity index (χ0v) is 12.4. The van der Waals surface area contributed by atoms with E-state index in [4.69, 9.17) is 10.2 Å². The minimum absolute atomic E-state index is 0.140. The molecule has 0 spiro atoms. The van der Waals surface area contributed by atoms with Crippen LogP contribution >= 0.6 is 0 Å². The van der Waals surface area contributed by atoms with Crippen molar-refractivity contribution in [1.82, 2.24) is 4.98 Å². The Bertz CT molecular complexity index is 551. The van der Waals surface area contributed by atoms with Crippen LogP contribution in [0.2, 0.25) is 0 Å². The Balaban J connectivity index is 2.21. The number of hydrogen-bond acceptors (Lipinski definition) is 3. The summed E-state index contributed by atoms with van der Waals surface area (Å²) in [5, 5.41) is 0. The molecule has 3 heteroatoms. The molecule has 2 rings (SSSR count). The molecule has 1 aromatic heterocycles. The number of fused-ring (bicyclic) bond motifs is 1. The number of benzene rings is 1. The zero-order chi connectivity index (χ0) is 14.0. The van der Waals surface area contributed by atoms with Crippen LogP contribution in [0.5, 0.6) is 0 Å². The molecule has 0 amide bonds. The summed E-state index contributed by atoms with van der Waals surface area (Å²) in [7, 11) is 0. The van der Waals surface area contributed by atoms with E-state index in [1.54, 1.807) is 0 Å². The third kappa shape index (κ3) is 3.35. The van der Waals surface area contributed by atoms with Gasteiger partial charge in [-0.3, -0.25) is 0 Å². The normalized spacial score (nSPS) is 13.9. The number of aryl methyl sites for hydroxylation is 1. The van der Waals surface area contributed by atoms with Crippen LogP contribution in [0.3, 0.4) is 0 Å². The summed E-state index contributed by atoms with van der Waals surface area (Å²) in [5.74, 6) is 1.33. The number of oxazole rings is 1. The molecule has 0 fully saturated rings. The van der Waals surface area contributed by atoms with E-state index in [1.165, 1.54) is 5.56 Å². The summed E-state index contributed by atoms with van der Waals surface area (Å²) in [5.41, 5.74) is 8.89. The van der Waals surface area contributed by atoms with Crippen molar-refractivity contribution < 1.29 is 4.42 Å². The molecule has 0 bridgehead atoms. The first-order valence-corrected chi connectivity index (χ1v) is 7.00. The Labute approximate surface area is 115 Å². The molecule has 1 unspecified atom stereocenters. The fraction of sp³-hybridized carbons (Fsp3) is 0.562. The molecule has 1 aromatic carbocycles. The number of hydrogen-bond donors (Lipinski definition) is 1. The number of nitrogens with two attached hydrogens (primary N) is 1. The molecule has 104 valence electrons. The lowest BCUT2D eigenvalue weighted by Gasteiger charge is -2.18. The molecule has 3 nitrogen and oxygen atoms in total. The van der Waals surface area contributed by atoms with Crippen LogP contribution in [-0.2, 0) is 11.8 Å². The third-order valence-corrected chi connectivity index (χ3v) is 3.55. The van der Waals surface area contributed by atoms with Gasteiger partial charge in [0.05, 0.1) is 0 Å². The van der Waals surface area contributed by atoms with Gasteiger partial charge in [-0.1, -0.05) is 33.8 Å². The van der Waals surface area contributed by atoms with Crippen molar-refractivity contribution in [2.75, 3.05) is 6.54 Å². The van der Waals surface area contributed by atoms with E-state index < -0.39 is 0 Å². The van der Waals surface area contributed by atoms with Gasteiger partial charge in [-0.25, -0.2) is 4.98 Å². The molecule has 0 saturated heterocycles. The first-order valence-electron chi connectivity index (χ1n) is 7.00. The van der Waals surface area contributed by atoms with Crippen LogP contribution in [0.4, 0.5) is 0 Å². The molecule has 1 heterocycles. The molecule has 0 aliphatic rings. The summed E-state index contributed by atoms with van der Waals surface area (Å²) in [4.78, 5) is 4.59. The molecule has 1 atom stereocenters. The molecular formula is C16H24N2O. The molecule has 2 aromatic rings. The van der Waals surface area contributed by atoms with Gasteiger partial charge in [-0.05, 0) is 42.0 Å². The van der Waals surface area contributed by atoms with Gasteiger partial charge in [-0.15, -0.1) is 0 Å². The highest BCUT2D eigenvalue weighted by molar-refractivity contribution is 5.73. The predicted molar refractivity (Wildman–Crippen MR) is 79.2 cm³/mol. The summed E-state index contributed by atoms with van der Waals surface area (Å²) in [6.45, 7) is 9.49. The minimum Gasteiger partial charge on any atom is -0.441 e. The fourth-order valence-electron chi connectivity index (χ4n) is 2.04. The van der Waals surface area contributed by atoms with Crippen LogP contribution in [0, 0.1) is 5.92 Å². The van der Waals surface area contributed by atoms with Crippen molar-refractivity contribution >= 4 is 11.1 Å². The smallest absolute Gasteiger partial charge is 0.195 e. The van der Waals surface area contributed by atoms with E-state index in [9.17, 15) is 0 Å². The van der Waals surface area contributed by atoms with Crippen molar-refractivity contribution in [3.05, 3.63) is 29.7 Å². The second-order valence-corrected chi connectivity index (χ2v) is 6.42. The van der Waals surface area contributed by atoms with Crippen molar-refractivity contribution in [1.29, 1.82) is 0 Å². The fourth-order valence-corrected chi connectivity index (χ4v) is 2.04. The highest BCUT2D eigenvalue weighted by Crippen LogP contribution is 2.26. The van der Waals surface area contributed by atoms with Gasteiger partial charge < -0.3 is 10.2 Å². The first-order chi connectivity index (χ1) is 8.90. The van der Waals surface area contributed by atoms with Crippen LogP contribution < -0.4 is 5.73 Å². The molecule has 0 aliphatic carbocycles. The third-order valence-electron chi connectivity index (χ3n) is 3.55. The largest absolute Gasteiger partial charge is 0.441 e. The lowest BCUT2D eigenvalue weighted by Crippen LogP contribution is -2.11. The molecule has 0 radical (unpaired) electrons. The first kappa shape index (κ1) is 14.1. The monoisotopic (exact) mass is 260 g/mol. The van der Waals surface area contributed by atoms with Gasteiger partial charge in [0.25, 0.3) is 0 Å². The topological polar surface area (TPSA) is 52.0 Å². The number of aromatic nitrogens is 1. The highest BCUT2D eigenvalue weighted by Gasteiger charge is 2.15. The molecule has 0 saturated carbocycles. The quantitative estimate of drug-likeness (QED) is 0.912. The van der Waals surface area contributed by atoms with Gasteiger partial charge in [-0.2, -0.15) is 0 Å². The van der Waals surface area contributed by atoms with Crippen LogP contribution in [0.1, 0.15) is 45.6 Å². The lowest BCUT2D eigenvalue weighted by atomic mass is 9.87. The maximum Gasteiger partial charge on any atom is 0.195 e. The van der Waals surface area contributed by atoms with Gasteiger partial charge in [0.2, 0.25) is 0 Å². The van der Waals surface area contributed by atoms with Gasteiger partial charge in [0.15, 0.2) is 11.5 Å². The van der Waals surface area contributed by atoms with E-state index >= 15 is 0 Å². The second kappa shape index (κ2) is 5.33. The Morgan fingerprint density at radius 2 is 2.05 bits per heavy atom. The van der Waals surface area contributed by atoms with Gasteiger partial charge in [0.1, 0.15) is 5.52 Å². The van der Waals surface area contributed by atoms with Gasteiger partial charge >= 0.3 is 0 Å². The summed E-state index contributed by atoms with van der Waals surface area (Å²) >= 11 is 0. The van der Waals surface area contributed by atoms with E-state index in [-0.39, 0.29) is 5.41 Å². The van der Waals surface area contributed by atoms with Crippen molar-refractivity contribution in [2.24, 2.45) is 11.7 Å². The second-order valence-electron chi connectivity index (χ2n) is 6.42. The van der Waals surface area contributed by atoms with E-state index in [0.29, 0.717) is 12.5 Å². The van der Waals surface area contributed by atoms with Gasteiger partial charge in [0, 0.05) is 6.42 Å². The summed E-state index contributed by atoms with van der Waals surface area (Å²) in [6.07, 6.45) is 1.88. The standard InChI is InChI=1S/C16H24N2O/c1-11(10-17)5-8-15-18-13-9-12(16(2,3)4)6-7-14(13)19-15/h6-7,9,11H,5,8,10,17H2,1-4H3. The number of nitrogens with zero attached hydrogens (tertiary/aromatic N) is 1.